The summed E-state index contributed by atoms with van der Waals surface area (Å²) in [6.45, 7) is 3.33. The van der Waals surface area contributed by atoms with Crippen molar-refractivity contribution in [3.05, 3.63) is 72.1 Å². The van der Waals surface area contributed by atoms with E-state index in [0.29, 0.717) is 16.6 Å². The number of carbonyl (C=O) groups excluding carboxylic acids is 1. The molecule has 0 saturated heterocycles. The van der Waals surface area contributed by atoms with Gasteiger partial charge in [-0.05, 0) is 30.2 Å². The highest BCUT2D eigenvalue weighted by molar-refractivity contribution is 7.89. The molecule has 1 aromatic carbocycles. The van der Waals surface area contributed by atoms with Gasteiger partial charge in [0.05, 0.1) is 16.0 Å². The van der Waals surface area contributed by atoms with Crippen molar-refractivity contribution in [2.24, 2.45) is 5.92 Å². The molecule has 2 aromatic heterocycles. The van der Waals surface area contributed by atoms with Gasteiger partial charge < -0.3 is 9.14 Å². The van der Waals surface area contributed by atoms with Crippen LogP contribution in [-0.2, 0) is 26.2 Å². The number of aromatic nitrogens is 1. The summed E-state index contributed by atoms with van der Waals surface area (Å²) in [5.74, 6) is -1.02. The van der Waals surface area contributed by atoms with E-state index in [1.807, 2.05) is 12.1 Å². The van der Waals surface area contributed by atoms with E-state index in [1.165, 1.54) is 12.1 Å². The minimum atomic E-state index is -3.87. The van der Waals surface area contributed by atoms with Gasteiger partial charge in [0.15, 0.2) is 0 Å². The summed E-state index contributed by atoms with van der Waals surface area (Å²) in [6, 6.07) is 14.4. The molecular weight excluding hydrogens is 390 g/mol. The van der Waals surface area contributed by atoms with Crippen molar-refractivity contribution in [3.8, 4) is 6.07 Å². The molecule has 0 aliphatic rings. The molecule has 0 saturated carbocycles. The molecule has 29 heavy (non-hydrogen) atoms. The lowest BCUT2D eigenvalue weighted by Gasteiger charge is -2.20. The fourth-order valence-corrected chi connectivity index (χ4v) is 4.30. The quantitative estimate of drug-likeness (QED) is 0.603. The Bertz CT molecular complexity index is 1160. The summed E-state index contributed by atoms with van der Waals surface area (Å²) in [6.07, 6.45) is 3.52. The van der Waals surface area contributed by atoms with Crippen LogP contribution in [0, 0.1) is 17.2 Å². The van der Waals surface area contributed by atoms with Gasteiger partial charge in [0.25, 0.3) is 0 Å². The minimum absolute atomic E-state index is 0.0731. The molecule has 0 aliphatic carbocycles. The second-order valence-corrected chi connectivity index (χ2v) is 8.61. The smallest absolute Gasteiger partial charge is 0.324 e. The van der Waals surface area contributed by atoms with E-state index >= 15 is 0 Å². The van der Waals surface area contributed by atoms with E-state index in [2.05, 4.69) is 10.8 Å². The number of benzene rings is 1. The first kappa shape index (κ1) is 20.6. The van der Waals surface area contributed by atoms with Gasteiger partial charge in [0.2, 0.25) is 10.0 Å². The summed E-state index contributed by atoms with van der Waals surface area (Å²) in [5, 5.41) is 9.45. The molecule has 150 valence electrons. The molecule has 0 bridgehead atoms. The number of nitrogens with zero attached hydrogens (tertiary/aromatic N) is 2. The number of pyridine rings is 1. The maximum Gasteiger partial charge on any atom is 0.324 e. The first-order chi connectivity index (χ1) is 13.8. The largest absolute Gasteiger partial charge is 0.460 e. The average Bonchev–Trinajstić information content (AvgIpc) is 3.08. The predicted molar refractivity (Wildman–Crippen MR) is 107 cm³/mol. The maximum atomic E-state index is 12.6. The summed E-state index contributed by atoms with van der Waals surface area (Å²) < 4.78 is 34.7. The summed E-state index contributed by atoms with van der Waals surface area (Å²) in [5.41, 5.74) is 1.69. The molecule has 3 aromatic rings. The number of nitrogens with one attached hydrogen (secondary N) is 1. The Labute approximate surface area is 169 Å². The first-order valence-corrected chi connectivity index (χ1v) is 10.5. The fraction of sp³-hybridized carbons (Fsp3) is 0.238. The van der Waals surface area contributed by atoms with E-state index in [-0.39, 0.29) is 17.4 Å². The number of nitriles is 1. The van der Waals surface area contributed by atoms with E-state index in [0.717, 1.165) is 0 Å². The summed E-state index contributed by atoms with van der Waals surface area (Å²) in [4.78, 5) is 12.7. The van der Waals surface area contributed by atoms with Crippen molar-refractivity contribution in [2.75, 3.05) is 0 Å². The SMILES string of the molecule is CC(C)[C@H](NS(=O)(=O)c1ccccc1)C(=O)OCc1cn2ccccc2c1C#N. The maximum absolute atomic E-state index is 12.6. The number of hydrogen-bond donors (Lipinski definition) is 1. The highest BCUT2D eigenvalue weighted by Crippen LogP contribution is 2.19. The van der Waals surface area contributed by atoms with Crippen LogP contribution in [0.25, 0.3) is 5.52 Å². The van der Waals surface area contributed by atoms with Crippen molar-refractivity contribution < 1.29 is 17.9 Å². The molecular formula is C21H21N3O4S. The molecule has 0 unspecified atom stereocenters. The topological polar surface area (TPSA) is 101 Å². The molecule has 7 nitrogen and oxygen atoms in total. The Morgan fingerprint density at radius 3 is 2.52 bits per heavy atom. The van der Waals surface area contributed by atoms with Crippen LogP contribution in [0.1, 0.15) is 25.0 Å². The minimum Gasteiger partial charge on any atom is -0.460 e. The van der Waals surface area contributed by atoms with Crippen LogP contribution in [0.4, 0.5) is 0 Å². The molecule has 1 atom stereocenters. The molecule has 0 aliphatic heterocycles. The lowest BCUT2D eigenvalue weighted by molar-refractivity contribution is -0.148. The standard InChI is InChI=1S/C21H21N3O4S/c1-15(2)20(23-29(26,27)17-8-4-3-5-9-17)21(25)28-14-16-13-24-11-7-6-10-19(24)18(16)12-22/h3-11,13,15,20,23H,14H2,1-2H3/t20-/m0/s1. The van der Waals surface area contributed by atoms with Gasteiger partial charge in [-0.3, -0.25) is 4.79 Å². The van der Waals surface area contributed by atoms with E-state index in [9.17, 15) is 18.5 Å². The normalized spacial score (nSPS) is 12.6. The third-order valence-corrected chi connectivity index (χ3v) is 5.96. The van der Waals surface area contributed by atoms with Crippen LogP contribution in [0.3, 0.4) is 0 Å². The monoisotopic (exact) mass is 411 g/mol. The molecule has 0 amide bonds. The zero-order valence-corrected chi connectivity index (χ0v) is 16.9. The van der Waals surface area contributed by atoms with Crippen LogP contribution in [0.5, 0.6) is 0 Å². The van der Waals surface area contributed by atoms with Gasteiger partial charge in [-0.15, -0.1) is 0 Å². The number of fused-ring (bicyclic) bond motifs is 1. The highest BCUT2D eigenvalue weighted by atomic mass is 32.2. The second-order valence-electron chi connectivity index (χ2n) is 6.90. The Hall–Kier alpha value is -3.15. The lowest BCUT2D eigenvalue weighted by atomic mass is 10.1. The van der Waals surface area contributed by atoms with Gasteiger partial charge in [0, 0.05) is 18.0 Å². The van der Waals surface area contributed by atoms with E-state index in [4.69, 9.17) is 4.74 Å². The molecule has 3 rings (SSSR count). The van der Waals surface area contributed by atoms with Gasteiger partial charge in [0.1, 0.15) is 18.7 Å². The van der Waals surface area contributed by atoms with E-state index in [1.54, 1.807) is 54.9 Å². The number of ether oxygens (including phenoxy) is 1. The molecule has 2 heterocycles. The number of sulfonamides is 1. The third kappa shape index (κ3) is 4.47. The molecule has 1 N–H and O–H groups in total. The molecule has 0 spiro atoms. The van der Waals surface area contributed by atoms with Crippen LogP contribution in [-0.4, -0.2) is 24.8 Å². The Morgan fingerprint density at radius 1 is 1.17 bits per heavy atom. The Balaban J connectivity index is 1.77. The summed E-state index contributed by atoms with van der Waals surface area (Å²) >= 11 is 0. The van der Waals surface area contributed by atoms with Crippen molar-refractivity contribution >= 4 is 21.5 Å². The third-order valence-electron chi connectivity index (χ3n) is 4.50. The number of esters is 1. The number of hydrogen-bond acceptors (Lipinski definition) is 5. The molecule has 0 radical (unpaired) electrons. The summed E-state index contributed by atoms with van der Waals surface area (Å²) in [7, 11) is -3.87. The predicted octanol–water partition coefficient (Wildman–Crippen LogP) is 2.86. The molecule has 0 fully saturated rings. The highest BCUT2D eigenvalue weighted by Gasteiger charge is 2.30. The molecule has 8 heteroatoms. The van der Waals surface area contributed by atoms with Gasteiger partial charge in [-0.25, -0.2) is 8.42 Å². The zero-order chi connectivity index (χ0) is 21.0. The van der Waals surface area contributed by atoms with Crippen LogP contribution in [0.2, 0.25) is 0 Å². The van der Waals surface area contributed by atoms with Crippen LogP contribution >= 0.6 is 0 Å². The van der Waals surface area contributed by atoms with Crippen LogP contribution < -0.4 is 4.72 Å². The van der Waals surface area contributed by atoms with Gasteiger partial charge >= 0.3 is 5.97 Å². The van der Waals surface area contributed by atoms with Gasteiger partial charge in [-0.1, -0.05) is 38.1 Å². The number of carbonyl (C=O) groups is 1. The van der Waals surface area contributed by atoms with Crippen molar-refractivity contribution in [2.45, 2.75) is 31.4 Å². The number of rotatable bonds is 7. The second kappa shape index (κ2) is 8.47. The first-order valence-electron chi connectivity index (χ1n) is 9.06. The fourth-order valence-electron chi connectivity index (χ4n) is 2.95. The van der Waals surface area contributed by atoms with Crippen molar-refractivity contribution in [3.63, 3.8) is 0 Å². The Kier molecular flexibility index (Phi) is 6.01. The van der Waals surface area contributed by atoms with Crippen LogP contribution in [0.15, 0.2) is 65.8 Å². The van der Waals surface area contributed by atoms with Crippen molar-refractivity contribution in [1.82, 2.24) is 9.12 Å². The van der Waals surface area contributed by atoms with Crippen molar-refractivity contribution in [1.29, 1.82) is 5.26 Å². The van der Waals surface area contributed by atoms with E-state index < -0.39 is 22.0 Å². The zero-order valence-electron chi connectivity index (χ0n) is 16.1. The Morgan fingerprint density at radius 2 is 1.86 bits per heavy atom. The lowest BCUT2D eigenvalue weighted by Crippen LogP contribution is -2.45. The van der Waals surface area contributed by atoms with Gasteiger partial charge in [-0.2, -0.15) is 9.98 Å². The average molecular weight is 411 g/mol.